The second kappa shape index (κ2) is 7.15. The van der Waals surface area contributed by atoms with Gasteiger partial charge < -0.3 is 20.0 Å². The van der Waals surface area contributed by atoms with Crippen molar-refractivity contribution in [2.24, 2.45) is 0 Å². The standard InChI is InChI=1S/C15H21N3O3.ClH/c1-10(17-14(19)13-3-2-8-21-13)15(20)18-11-4-5-12(18)9-16-7-6-11;/h2-3,8,10-12,16H,4-7,9H2,1H3,(H,17,19);1H. The zero-order valence-corrected chi connectivity index (χ0v) is 13.4. The van der Waals surface area contributed by atoms with Crippen LogP contribution in [0, 0.1) is 0 Å². The quantitative estimate of drug-likeness (QED) is 0.874. The first-order valence-corrected chi connectivity index (χ1v) is 7.54. The number of carbonyl (C=O) groups excluding carboxylic acids is 2. The molecule has 2 aliphatic heterocycles. The lowest BCUT2D eigenvalue weighted by Crippen LogP contribution is -2.51. The Kier molecular flexibility index (Phi) is 5.47. The number of fused-ring (bicyclic) bond motifs is 2. The second-order valence-electron chi connectivity index (χ2n) is 5.80. The lowest BCUT2D eigenvalue weighted by atomic mass is 10.1. The monoisotopic (exact) mass is 327 g/mol. The van der Waals surface area contributed by atoms with Crippen LogP contribution in [0.5, 0.6) is 0 Å². The minimum atomic E-state index is -0.538. The van der Waals surface area contributed by atoms with Crippen LogP contribution in [0.25, 0.3) is 0 Å². The SMILES string of the molecule is CC(NC(=O)c1ccco1)C(=O)N1C2CCNCC1CC2.Cl. The Morgan fingerprint density at radius 3 is 2.86 bits per heavy atom. The van der Waals surface area contributed by atoms with E-state index in [4.69, 9.17) is 4.42 Å². The molecular weight excluding hydrogens is 306 g/mol. The molecule has 0 aromatic carbocycles. The molecule has 2 fully saturated rings. The van der Waals surface area contributed by atoms with E-state index in [0.29, 0.717) is 6.04 Å². The fraction of sp³-hybridized carbons (Fsp3) is 0.600. The predicted molar refractivity (Wildman–Crippen MR) is 84.0 cm³/mol. The van der Waals surface area contributed by atoms with Gasteiger partial charge in [-0.05, 0) is 44.9 Å². The van der Waals surface area contributed by atoms with E-state index in [1.54, 1.807) is 19.1 Å². The molecule has 6 nitrogen and oxygen atoms in total. The minimum Gasteiger partial charge on any atom is -0.459 e. The zero-order chi connectivity index (χ0) is 14.8. The molecule has 0 saturated carbocycles. The van der Waals surface area contributed by atoms with Crippen LogP contribution in [0.1, 0.15) is 36.7 Å². The van der Waals surface area contributed by atoms with E-state index in [9.17, 15) is 9.59 Å². The van der Waals surface area contributed by atoms with E-state index in [-0.39, 0.29) is 36.0 Å². The van der Waals surface area contributed by atoms with Crippen molar-refractivity contribution >= 4 is 24.2 Å². The highest BCUT2D eigenvalue weighted by molar-refractivity contribution is 5.95. The Morgan fingerprint density at radius 2 is 2.14 bits per heavy atom. The van der Waals surface area contributed by atoms with Crippen LogP contribution >= 0.6 is 12.4 Å². The first kappa shape index (κ1) is 16.8. The molecule has 7 heteroatoms. The predicted octanol–water partition coefficient (Wildman–Crippen LogP) is 1.17. The smallest absolute Gasteiger partial charge is 0.287 e. The van der Waals surface area contributed by atoms with E-state index < -0.39 is 6.04 Å². The van der Waals surface area contributed by atoms with Gasteiger partial charge in [-0.2, -0.15) is 0 Å². The van der Waals surface area contributed by atoms with E-state index in [1.165, 1.54) is 6.26 Å². The van der Waals surface area contributed by atoms with E-state index in [2.05, 4.69) is 10.6 Å². The van der Waals surface area contributed by atoms with Gasteiger partial charge in [-0.15, -0.1) is 12.4 Å². The van der Waals surface area contributed by atoms with Gasteiger partial charge in [0.25, 0.3) is 5.91 Å². The number of nitrogens with zero attached hydrogens (tertiary/aromatic N) is 1. The molecule has 0 radical (unpaired) electrons. The molecule has 122 valence electrons. The normalized spacial score (nSPS) is 25.0. The third-order valence-electron chi connectivity index (χ3n) is 4.37. The maximum absolute atomic E-state index is 12.7. The van der Waals surface area contributed by atoms with Crippen LogP contribution in [0.15, 0.2) is 22.8 Å². The van der Waals surface area contributed by atoms with Gasteiger partial charge in [-0.3, -0.25) is 9.59 Å². The van der Waals surface area contributed by atoms with Gasteiger partial charge in [0, 0.05) is 18.6 Å². The van der Waals surface area contributed by atoms with Crippen LogP contribution in [0.3, 0.4) is 0 Å². The first-order chi connectivity index (χ1) is 10.2. The number of rotatable bonds is 3. The van der Waals surface area contributed by atoms with Gasteiger partial charge in [-0.1, -0.05) is 0 Å². The Labute approximate surface area is 136 Å². The third kappa shape index (κ3) is 3.28. The number of hydrogen-bond donors (Lipinski definition) is 2. The molecular formula is C15H22ClN3O3. The van der Waals surface area contributed by atoms with Crippen molar-refractivity contribution < 1.29 is 14.0 Å². The van der Waals surface area contributed by atoms with Gasteiger partial charge >= 0.3 is 0 Å². The fourth-order valence-corrected chi connectivity index (χ4v) is 3.30. The molecule has 3 unspecified atom stereocenters. The Hall–Kier alpha value is -1.53. The number of halogens is 1. The molecule has 2 bridgehead atoms. The molecule has 2 saturated heterocycles. The number of hydrogen-bond acceptors (Lipinski definition) is 4. The summed E-state index contributed by atoms with van der Waals surface area (Å²) >= 11 is 0. The highest BCUT2D eigenvalue weighted by Crippen LogP contribution is 2.28. The summed E-state index contributed by atoms with van der Waals surface area (Å²) in [6, 6.07) is 3.27. The van der Waals surface area contributed by atoms with Crippen LogP contribution < -0.4 is 10.6 Å². The summed E-state index contributed by atoms with van der Waals surface area (Å²) < 4.78 is 5.05. The maximum Gasteiger partial charge on any atom is 0.287 e. The topological polar surface area (TPSA) is 74.6 Å². The van der Waals surface area contributed by atoms with Crippen molar-refractivity contribution in [2.75, 3.05) is 13.1 Å². The number of carbonyl (C=O) groups is 2. The van der Waals surface area contributed by atoms with Crippen molar-refractivity contribution in [1.82, 2.24) is 15.5 Å². The van der Waals surface area contributed by atoms with Crippen LogP contribution in [-0.4, -0.2) is 47.9 Å². The highest BCUT2D eigenvalue weighted by Gasteiger charge is 2.39. The maximum atomic E-state index is 12.7. The van der Waals surface area contributed by atoms with E-state index in [0.717, 1.165) is 32.4 Å². The molecule has 22 heavy (non-hydrogen) atoms. The largest absolute Gasteiger partial charge is 0.459 e. The van der Waals surface area contributed by atoms with Crippen molar-refractivity contribution in [3.05, 3.63) is 24.2 Å². The molecule has 2 N–H and O–H groups in total. The molecule has 2 amide bonds. The van der Waals surface area contributed by atoms with Gasteiger partial charge in [0.1, 0.15) is 6.04 Å². The zero-order valence-electron chi connectivity index (χ0n) is 12.6. The molecule has 1 aromatic heterocycles. The summed E-state index contributed by atoms with van der Waals surface area (Å²) in [6.45, 7) is 3.54. The number of amides is 2. The second-order valence-corrected chi connectivity index (χ2v) is 5.80. The average molecular weight is 328 g/mol. The van der Waals surface area contributed by atoms with Crippen molar-refractivity contribution in [3.63, 3.8) is 0 Å². The summed E-state index contributed by atoms with van der Waals surface area (Å²) in [4.78, 5) is 26.6. The molecule has 3 rings (SSSR count). The lowest BCUT2D eigenvalue weighted by Gasteiger charge is -2.30. The summed E-state index contributed by atoms with van der Waals surface area (Å²) in [5.74, 6) is -0.109. The third-order valence-corrected chi connectivity index (χ3v) is 4.37. The number of nitrogens with one attached hydrogen (secondary N) is 2. The van der Waals surface area contributed by atoms with Gasteiger partial charge in [0.15, 0.2) is 5.76 Å². The van der Waals surface area contributed by atoms with Gasteiger partial charge in [-0.25, -0.2) is 0 Å². The average Bonchev–Trinajstić information content (AvgIpc) is 3.05. The summed E-state index contributed by atoms with van der Waals surface area (Å²) in [5, 5.41) is 6.09. The summed E-state index contributed by atoms with van der Waals surface area (Å²) in [6.07, 6.45) is 4.54. The van der Waals surface area contributed by atoms with Crippen molar-refractivity contribution in [2.45, 2.75) is 44.3 Å². The Morgan fingerprint density at radius 1 is 1.36 bits per heavy atom. The molecule has 0 spiro atoms. The van der Waals surface area contributed by atoms with Crippen molar-refractivity contribution in [3.8, 4) is 0 Å². The van der Waals surface area contributed by atoms with Gasteiger partial charge in [0.05, 0.1) is 6.26 Å². The van der Waals surface area contributed by atoms with E-state index >= 15 is 0 Å². The first-order valence-electron chi connectivity index (χ1n) is 7.54. The van der Waals surface area contributed by atoms with Crippen LogP contribution in [-0.2, 0) is 4.79 Å². The summed E-state index contributed by atoms with van der Waals surface area (Å²) in [7, 11) is 0. The Balaban J connectivity index is 0.00000176. The molecule has 0 aliphatic carbocycles. The van der Waals surface area contributed by atoms with Crippen molar-refractivity contribution in [1.29, 1.82) is 0 Å². The summed E-state index contributed by atoms with van der Waals surface area (Å²) in [5.41, 5.74) is 0. The molecule has 2 aliphatic rings. The minimum absolute atomic E-state index is 0. The molecule has 3 atom stereocenters. The van der Waals surface area contributed by atoms with Crippen LogP contribution in [0.2, 0.25) is 0 Å². The van der Waals surface area contributed by atoms with E-state index in [1.807, 2.05) is 4.90 Å². The molecule has 3 heterocycles. The number of furan rings is 1. The van der Waals surface area contributed by atoms with Gasteiger partial charge in [0.2, 0.25) is 5.91 Å². The Bertz CT molecular complexity index is 506. The van der Waals surface area contributed by atoms with Crippen LogP contribution in [0.4, 0.5) is 0 Å². The fourth-order valence-electron chi connectivity index (χ4n) is 3.30. The molecule has 1 aromatic rings. The highest BCUT2D eigenvalue weighted by atomic mass is 35.5. The lowest BCUT2D eigenvalue weighted by molar-refractivity contribution is -0.135.